The maximum absolute atomic E-state index is 12.8. The molecule has 2 unspecified atom stereocenters. The van der Waals surface area contributed by atoms with Crippen molar-refractivity contribution in [3.63, 3.8) is 0 Å². The maximum atomic E-state index is 12.8. The average Bonchev–Trinajstić information content (AvgIpc) is 2.71. The number of benzene rings is 2. The number of carbonyl (C=O) groups excluding carboxylic acids is 1. The van der Waals surface area contributed by atoms with Gasteiger partial charge in [0, 0.05) is 24.7 Å². The summed E-state index contributed by atoms with van der Waals surface area (Å²) < 4.78 is 11.2. The van der Waals surface area contributed by atoms with Gasteiger partial charge in [0.25, 0.3) is 5.91 Å². The number of nitrogens with one attached hydrogen (secondary N) is 1. The molecule has 28 heavy (non-hydrogen) atoms. The molecule has 2 aromatic rings. The summed E-state index contributed by atoms with van der Waals surface area (Å²) in [6.07, 6.45) is -0.699. The number of hydrogen-bond acceptors (Lipinski definition) is 4. The van der Waals surface area contributed by atoms with E-state index in [9.17, 15) is 4.79 Å². The summed E-state index contributed by atoms with van der Waals surface area (Å²) in [4.78, 5) is 15.1. The lowest BCUT2D eigenvalue weighted by atomic mass is 10.1. The van der Waals surface area contributed by atoms with E-state index in [4.69, 9.17) is 32.7 Å². The minimum atomic E-state index is -0.699. The van der Waals surface area contributed by atoms with Gasteiger partial charge in [0.15, 0.2) is 6.10 Å². The molecule has 7 heteroatoms. The predicted molar refractivity (Wildman–Crippen MR) is 111 cm³/mol. The molecule has 1 N–H and O–H groups in total. The van der Waals surface area contributed by atoms with Gasteiger partial charge in [0.1, 0.15) is 5.75 Å². The number of carbonyl (C=O) groups is 1. The third kappa shape index (κ3) is 5.85. The third-order valence-electron chi connectivity index (χ3n) is 4.63. The summed E-state index contributed by atoms with van der Waals surface area (Å²) in [5, 5.41) is 4.01. The molecule has 2 atom stereocenters. The molecule has 3 rings (SSSR count). The largest absolute Gasteiger partial charge is 0.479 e. The summed E-state index contributed by atoms with van der Waals surface area (Å²) in [6.45, 7) is 5.55. The number of amides is 1. The number of rotatable bonds is 7. The normalized spacial score (nSPS) is 17.0. The van der Waals surface area contributed by atoms with Gasteiger partial charge in [-0.25, -0.2) is 0 Å². The molecule has 0 saturated carbocycles. The fraction of sp³-hybridized carbons (Fsp3) is 0.381. The van der Waals surface area contributed by atoms with E-state index in [1.807, 2.05) is 30.3 Å². The second-order valence-electron chi connectivity index (χ2n) is 6.72. The Kier molecular flexibility index (Phi) is 7.57. The van der Waals surface area contributed by atoms with Gasteiger partial charge in [0.2, 0.25) is 0 Å². The van der Waals surface area contributed by atoms with Crippen molar-refractivity contribution in [2.75, 3.05) is 32.8 Å². The molecule has 1 amide bonds. The molecular weight excluding hydrogens is 399 g/mol. The van der Waals surface area contributed by atoms with E-state index in [0.717, 1.165) is 18.7 Å². The van der Waals surface area contributed by atoms with Crippen LogP contribution >= 0.6 is 23.2 Å². The van der Waals surface area contributed by atoms with Crippen LogP contribution < -0.4 is 10.1 Å². The molecule has 2 aromatic carbocycles. The van der Waals surface area contributed by atoms with Crippen LogP contribution in [0.1, 0.15) is 18.5 Å². The van der Waals surface area contributed by atoms with Crippen LogP contribution in [0.5, 0.6) is 5.75 Å². The van der Waals surface area contributed by atoms with Crippen LogP contribution in [0.4, 0.5) is 0 Å². The van der Waals surface area contributed by atoms with E-state index in [2.05, 4.69) is 10.2 Å². The molecule has 0 radical (unpaired) electrons. The van der Waals surface area contributed by atoms with Crippen molar-refractivity contribution >= 4 is 29.1 Å². The lowest BCUT2D eigenvalue weighted by Gasteiger charge is -2.31. The molecule has 1 heterocycles. The Morgan fingerprint density at radius 3 is 2.57 bits per heavy atom. The first-order valence-corrected chi connectivity index (χ1v) is 10.1. The van der Waals surface area contributed by atoms with E-state index in [0.29, 0.717) is 35.6 Å². The van der Waals surface area contributed by atoms with Gasteiger partial charge in [-0.2, -0.15) is 0 Å². The van der Waals surface area contributed by atoms with E-state index in [1.54, 1.807) is 25.1 Å². The highest BCUT2D eigenvalue weighted by atomic mass is 35.5. The van der Waals surface area contributed by atoms with Crippen molar-refractivity contribution in [1.82, 2.24) is 10.2 Å². The first kappa shape index (κ1) is 20.9. The van der Waals surface area contributed by atoms with Crippen molar-refractivity contribution in [2.45, 2.75) is 19.1 Å². The number of halogens is 2. The highest BCUT2D eigenvalue weighted by molar-refractivity contribution is 6.35. The minimum absolute atomic E-state index is 0.140. The van der Waals surface area contributed by atoms with Gasteiger partial charge in [-0.05, 0) is 30.7 Å². The van der Waals surface area contributed by atoms with Gasteiger partial charge in [-0.15, -0.1) is 0 Å². The van der Waals surface area contributed by atoms with Crippen LogP contribution in [-0.4, -0.2) is 49.8 Å². The molecule has 0 bridgehead atoms. The smallest absolute Gasteiger partial charge is 0.261 e. The molecular formula is C21H24Cl2N2O3. The number of hydrogen-bond donors (Lipinski definition) is 1. The molecule has 1 aliphatic heterocycles. The zero-order chi connectivity index (χ0) is 19.9. The fourth-order valence-corrected chi connectivity index (χ4v) is 3.52. The first-order valence-electron chi connectivity index (χ1n) is 9.30. The van der Waals surface area contributed by atoms with E-state index >= 15 is 0 Å². The zero-order valence-electron chi connectivity index (χ0n) is 15.7. The summed E-state index contributed by atoms with van der Waals surface area (Å²) in [7, 11) is 0. The van der Waals surface area contributed by atoms with Gasteiger partial charge < -0.3 is 14.8 Å². The van der Waals surface area contributed by atoms with Crippen LogP contribution in [-0.2, 0) is 9.53 Å². The standard InChI is InChI=1S/C21H24Cl2N2O3/c1-15(28-20-8-7-17(22)13-18(20)23)21(26)24-19(16-5-3-2-4-6-16)14-25-9-11-27-12-10-25/h2-8,13,15,19H,9-12,14H2,1H3,(H,24,26). The molecule has 150 valence electrons. The van der Waals surface area contributed by atoms with E-state index < -0.39 is 6.10 Å². The molecule has 1 saturated heterocycles. The Hall–Kier alpha value is -1.79. The number of ether oxygens (including phenoxy) is 2. The van der Waals surface area contributed by atoms with Crippen molar-refractivity contribution in [3.8, 4) is 5.75 Å². The van der Waals surface area contributed by atoms with Crippen LogP contribution in [0.25, 0.3) is 0 Å². The second-order valence-corrected chi connectivity index (χ2v) is 7.56. The second kappa shape index (κ2) is 10.1. The summed E-state index contributed by atoms with van der Waals surface area (Å²) in [5.41, 5.74) is 1.05. The van der Waals surface area contributed by atoms with E-state index in [-0.39, 0.29) is 11.9 Å². The lowest BCUT2D eigenvalue weighted by Crippen LogP contribution is -2.45. The Labute approximate surface area is 175 Å². The first-order chi connectivity index (χ1) is 13.5. The quantitative estimate of drug-likeness (QED) is 0.733. The Bertz CT molecular complexity index is 782. The van der Waals surface area contributed by atoms with Crippen molar-refractivity contribution < 1.29 is 14.3 Å². The predicted octanol–water partition coefficient (Wildman–Crippen LogP) is 3.95. The van der Waals surface area contributed by atoms with Crippen LogP contribution in [0, 0.1) is 0 Å². The molecule has 0 spiro atoms. The summed E-state index contributed by atoms with van der Waals surface area (Å²) >= 11 is 12.1. The Balaban J connectivity index is 1.67. The zero-order valence-corrected chi connectivity index (χ0v) is 17.2. The van der Waals surface area contributed by atoms with Crippen molar-refractivity contribution in [1.29, 1.82) is 0 Å². The average molecular weight is 423 g/mol. The topological polar surface area (TPSA) is 50.8 Å². The fourth-order valence-electron chi connectivity index (χ4n) is 3.07. The Morgan fingerprint density at radius 1 is 1.18 bits per heavy atom. The molecule has 0 aromatic heterocycles. The van der Waals surface area contributed by atoms with Crippen LogP contribution in [0.3, 0.4) is 0 Å². The van der Waals surface area contributed by atoms with Gasteiger partial charge >= 0.3 is 0 Å². The SMILES string of the molecule is CC(Oc1ccc(Cl)cc1Cl)C(=O)NC(CN1CCOCC1)c1ccccc1. The lowest BCUT2D eigenvalue weighted by molar-refractivity contribution is -0.128. The van der Waals surface area contributed by atoms with Gasteiger partial charge in [0.05, 0.1) is 24.3 Å². The van der Waals surface area contributed by atoms with Gasteiger partial charge in [-0.3, -0.25) is 9.69 Å². The summed E-state index contributed by atoms with van der Waals surface area (Å²) in [6, 6.07) is 14.7. The minimum Gasteiger partial charge on any atom is -0.479 e. The summed E-state index contributed by atoms with van der Waals surface area (Å²) in [5.74, 6) is 0.228. The van der Waals surface area contributed by atoms with Crippen molar-refractivity contribution in [3.05, 3.63) is 64.1 Å². The molecule has 1 aliphatic rings. The highest BCUT2D eigenvalue weighted by Gasteiger charge is 2.23. The number of morpholine rings is 1. The van der Waals surface area contributed by atoms with Crippen molar-refractivity contribution in [2.24, 2.45) is 0 Å². The monoisotopic (exact) mass is 422 g/mol. The highest BCUT2D eigenvalue weighted by Crippen LogP contribution is 2.28. The van der Waals surface area contributed by atoms with Gasteiger partial charge in [-0.1, -0.05) is 53.5 Å². The molecule has 1 fully saturated rings. The molecule has 0 aliphatic carbocycles. The number of nitrogens with zero attached hydrogens (tertiary/aromatic N) is 1. The van der Waals surface area contributed by atoms with Crippen LogP contribution in [0.15, 0.2) is 48.5 Å². The third-order valence-corrected chi connectivity index (χ3v) is 5.16. The van der Waals surface area contributed by atoms with Crippen LogP contribution in [0.2, 0.25) is 10.0 Å². The van der Waals surface area contributed by atoms with E-state index in [1.165, 1.54) is 0 Å². The molecule has 5 nitrogen and oxygen atoms in total. The maximum Gasteiger partial charge on any atom is 0.261 e. The Morgan fingerprint density at radius 2 is 1.89 bits per heavy atom.